The Bertz CT molecular complexity index is 397. The molecule has 1 aliphatic rings. The van der Waals surface area contributed by atoms with Crippen molar-refractivity contribution < 1.29 is 4.79 Å². The predicted molar refractivity (Wildman–Crippen MR) is 69.5 cm³/mol. The third-order valence-electron chi connectivity index (χ3n) is 3.26. The van der Waals surface area contributed by atoms with Crippen molar-refractivity contribution >= 4 is 27.4 Å². The number of rotatable bonds is 3. The first-order chi connectivity index (χ1) is 7.66. The molecule has 1 aliphatic carbocycles. The summed E-state index contributed by atoms with van der Waals surface area (Å²) in [5.74, 6) is 0.771. The van der Waals surface area contributed by atoms with Gasteiger partial charge in [0.2, 0.25) is 0 Å². The van der Waals surface area contributed by atoms with E-state index < -0.39 is 0 Å². The normalized spacial score (nSPS) is 16.6. The number of anilines is 1. The van der Waals surface area contributed by atoms with Crippen LogP contribution in [0.3, 0.4) is 0 Å². The second kappa shape index (κ2) is 5.00. The van der Waals surface area contributed by atoms with Crippen LogP contribution >= 0.6 is 15.9 Å². The Labute approximate surface area is 104 Å². The fraction of sp³-hybridized carbons (Fsp3) is 0.462. The highest BCUT2D eigenvalue weighted by Gasteiger charge is 2.20. The number of hydrogen-bond acceptors (Lipinski definition) is 2. The van der Waals surface area contributed by atoms with Gasteiger partial charge < -0.3 is 5.73 Å². The van der Waals surface area contributed by atoms with E-state index in [1.165, 1.54) is 25.7 Å². The van der Waals surface area contributed by atoms with Crippen molar-refractivity contribution in [3.05, 3.63) is 28.2 Å². The molecule has 1 aromatic rings. The maximum Gasteiger partial charge on any atom is 0.165 e. The molecule has 0 radical (unpaired) electrons. The van der Waals surface area contributed by atoms with Crippen LogP contribution in [0.25, 0.3) is 0 Å². The van der Waals surface area contributed by atoms with Crippen LogP contribution in [0.4, 0.5) is 5.69 Å². The van der Waals surface area contributed by atoms with E-state index in [4.69, 9.17) is 5.73 Å². The van der Waals surface area contributed by atoms with Crippen LogP contribution < -0.4 is 5.73 Å². The van der Waals surface area contributed by atoms with Crippen molar-refractivity contribution in [2.75, 3.05) is 5.73 Å². The number of halogens is 1. The third kappa shape index (κ3) is 2.64. The molecule has 0 aromatic heterocycles. The van der Waals surface area contributed by atoms with Crippen molar-refractivity contribution in [1.29, 1.82) is 0 Å². The highest BCUT2D eigenvalue weighted by molar-refractivity contribution is 9.10. The second-order valence-electron chi connectivity index (χ2n) is 4.51. The minimum absolute atomic E-state index is 0.192. The molecule has 2 N–H and O–H groups in total. The topological polar surface area (TPSA) is 43.1 Å². The Morgan fingerprint density at radius 3 is 2.69 bits per heavy atom. The molecule has 16 heavy (non-hydrogen) atoms. The molecule has 1 saturated carbocycles. The molecule has 0 atom stereocenters. The molecule has 2 rings (SSSR count). The summed E-state index contributed by atoms with van der Waals surface area (Å²) >= 11 is 3.34. The zero-order chi connectivity index (χ0) is 11.5. The minimum Gasteiger partial charge on any atom is -0.398 e. The number of ketones is 1. The summed E-state index contributed by atoms with van der Waals surface area (Å²) in [6.07, 6.45) is 5.59. The molecule has 0 saturated heterocycles. The molecule has 1 aromatic carbocycles. The van der Waals surface area contributed by atoms with Gasteiger partial charge in [-0.3, -0.25) is 4.79 Å². The standard InChI is InChI=1S/C13H16BrNO/c14-10-5-6-11(12(15)8-10)13(16)7-9-3-1-2-4-9/h5-6,8-9H,1-4,7,15H2. The fourth-order valence-corrected chi connectivity index (χ4v) is 2.75. The maximum absolute atomic E-state index is 12.0. The van der Waals surface area contributed by atoms with E-state index in [0.717, 1.165) is 4.47 Å². The number of hydrogen-bond donors (Lipinski definition) is 1. The Morgan fingerprint density at radius 2 is 2.06 bits per heavy atom. The zero-order valence-electron chi connectivity index (χ0n) is 9.21. The lowest BCUT2D eigenvalue weighted by Crippen LogP contribution is -2.08. The average Bonchev–Trinajstić information content (AvgIpc) is 2.70. The zero-order valence-corrected chi connectivity index (χ0v) is 10.8. The van der Waals surface area contributed by atoms with Gasteiger partial charge >= 0.3 is 0 Å². The van der Waals surface area contributed by atoms with E-state index >= 15 is 0 Å². The van der Waals surface area contributed by atoms with Crippen LogP contribution in [0.2, 0.25) is 0 Å². The number of Topliss-reactive ketones (excluding diaryl/α,β-unsaturated/α-hetero) is 1. The molecule has 2 nitrogen and oxygen atoms in total. The highest BCUT2D eigenvalue weighted by Crippen LogP contribution is 2.30. The van der Waals surface area contributed by atoms with Crippen molar-refractivity contribution in [2.24, 2.45) is 5.92 Å². The van der Waals surface area contributed by atoms with Crippen LogP contribution in [0, 0.1) is 5.92 Å². The Hall–Kier alpha value is -0.830. The molecule has 1 fully saturated rings. The smallest absolute Gasteiger partial charge is 0.165 e. The second-order valence-corrected chi connectivity index (χ2v) is 5.43. The SMILES string of the molecule is Nc1cc(Br)ccc1C(=O)CC1CCCC1. The molecular weight excluding hydrogens is 266 g/mol. The maximum atomic E-state index is 12.0. The summed E-state index contributed by atoms with van der Waals surface area (Å²) in [5.41, 5.74) is 7.10. The van der Waals surface area contributed by atoms with Gasteiger partial charge in [-0.15, -0.1) is 0 Å². The van der Waals surface area contributed by atoms with Gasteiger partial charge in [0, 0.05) is 22.1 Å². The molecule has 0 bridgehead atoms. The van der Waals surface area contributed by atoms with Gasteiger partial charge in [0.25, 0.3) is 0 Å². The Kier molecular flexibility index (Phi) is 3.64. The van der Waals surface area contributed by atoms with Crippen LogP contribution in [0.1, 0.15) is 42.5 Å². The van der Waals surface area contributed by atoms with E-state index in [-0.39, 0.29) is 5.78 Å². The van der Waals surface area contributed by atoms with Gasteiger partial charge in [0.15, 0.2) is 5.78 Å². The van der Waals surface area contributed by atoms with E-state index in [9.17, 15) is 4.79 Å². The first-order valence-corrected chi connectivity index (χ1v) is 6.54. The Balaban J connectivity index is 2.08. The molecular formula is C13H16BrNO. The van der Waals surface area contributed by atoms with Crippen LogP contribution in [0.5, 0.6) is 0 Å². The van der Waals surface area contributed by atoms with Crippen LogP contribution in [-0.4, -0.2) is 5.78 Å². The summed E-state index contributed by atoms with van der Waals surface area (Å²) in [7, 11) is 0. The predicted octanol–water partition coefficient (Wildman–Crippen LogP) is 3.79. The van der Waals surface area contributed by atoms with Crippen molar-refractivity contribution in [3.8, 4) is 0 Å². The Morgan fingerprint density at radius 1 is 1.38 bits per heavy atom. The highest BCUT2D eigenvalue weighted by atomic mass is 79.9. The van der Waals surface area contributed by atoms with Crippen molar-refractivity contribution in [2.45, 2.75) is 32.1 Å². The first kappa shape index (κ1) is 11.6. The molecule has 0 spiro atoms. The van der Waals surface area contributed by atoms with Crippen LogP contribution in [0.15, 0.2) is 22.7 Å². The van der Waals surface area contributed by atoms with Gasteiger partial charge in [-0.25, -0.2) is 0 Å². The number of carbonyl (C=O) groups excluding carboxylic acids is 1. The lowest BCUT2D eigenvalue weighted by Gasteiger charge is -2.09. The van der Waals surface area contributed by atoms with Crippen molar-refractivity contribution in [1.82, 2.24) is 0 Å². The average molecular weight is 282 g/mol. The van der Waals surface area contributed by atoms with E-state index in [1.54, 1.807) is 6.07 Å². The number of nitrogens with two attached hydrogens (primary N) is 1. The summed E-state index contributed by atoms with van der Waals surface area (Å²) in [6.45, 7) is 0. The van der Waals surface area contributed by atoms with Gasteiger partial charge in [0.1, 0.15) is 0 Å². The molecule has 0 unspecified atom stereocenters. The largest absolute Gasteiger partial charge is 0.398 e. The van der Waals surface area contributed by atoms with Gasteiger partial charge in [-0.2, -0.15) is 0 Å². The summed E-state index contributed by atoms with van der Waals surface area (Å²) in [4.78, 5) is 12.0. The lowest BCUT2D eigenvalue weighted by atomic mass is 9.96. The van der Waals surface area contributed by atoms with Gasteiger partial charge in [-0.05, 0) is 24.1 Å². The quantitative estimate of drug-likeness (QED) is 0.677. The fourth-order valence-electron chi connectivity index (χ4n) is 2.37. The summed E-state index contributed by atoms with van der Waals surface area (Å²) in [5, 5.41) is 0. The monoisotopic (exact) mass is 281 g/mol. The van der Waals surface area contributed by atoms with E-state index in [1.807, 2.05) is 12.1 Å². The third-order valence-corrected chi connectivity index (χ3v) is 3.76. The number of carbonyl (C=O) groups is 1. The van der Waals surface area contributed by atoms with E-state index in [0.29, 0.717) is 23.6 Å². The number of benzene rings is 1. The molecule has 3 heteroatoms. The molecule has 86 valence electrons. The minimum atomic E-state index is 0.192. The van der Waals surface area contributed by atoms with Crippen LogP contribution in [-0.2, 0) is 0 Å². The summed E-state index contributed by atoms with van der Waals surface area (Å²) < 4.78 is 0.919. The van der Waals surface area contributed by atoms with Crippen molar-refractivity contribution in [3.63, 3.8) is 0 Å². The first-order valence-electron chi connectivity index (χ1n) is 5.75. The molecule has 0 heterocycles. The van der Waals surface area contributed by atoms with Gasteiger partial charge in [0.05, 0.1) is 0 Å². The lowest BCUT2D eigenvalue weighted by molar-refractivity contribution is 0.0963. The molecule has 0 amide bonds. The molecule has 0 aliphatic heterocycles. The number of nitrogen functional groups attached to an aromatic ring is 1. The summed E-state index contributed by atoms with van der Waals surface area (Å²) in [6, 6.07) is 5.48. The van der Waals surface area contributed by atoms with E-state index in [2.05, 4.69) is 15.9 Å². The van der Waals surface area contributed by atoms with Gasteiger partial charge in [-0.1, -0.05) is 41.6 Å².